The molecule has 1 fully saturated rings. The maximum absolute atomic E-state index is 13.0. The molecular weight excluding hydrogens is 430 g/mol. The predicted octanol–water partition coefficient (Wildman–Crippen LogP) is 4.18. The summed E-state index contributed by atoms with van der Waals surface area (Å²) >= 11 is 3.10. The van der Waals surface area contributed by atoms with Crippen molar-refractivity contribution in [1.82, 2.24) is 19.9 Å². The van der Waals surface area contributed by atoms with E-state index in [1.165, 1.54) is 11.3 Å². The van der Waals surface area contributed by atoms with E-state index < -0.39 is 0 Å². The maximum atomic E-state index is 13.0. The zero-order chi connectivity index (χ0) is 21.2. The summed E-state index contributed by atoms with van der Waals surface area (Å²) < 4.78 is 5.49. The Bertz CT molecular complexity index is 1200. The number of fused-ring (bicyclic) bond motifs is 1. The Morgan fingerprint density at radius 1 is 1.06 bits per heavy atom. The Labute approximate surface area is 188 Å². The van der Waals surface area contributed by atoms with Crippen molar-refractivity contribution in [2.75, 3.05) is 37.7 Å². The molecule has 0 atom stereocenters. The summed E-state index contributed by atoms with van der Waals surface area (Å²) in [5, 5.41) is 5.80. The fourth-order valence-electron chi connectivity index (χ4n) is 3.68. The Kier molecular flexibility index (Phi) is 5.52. The predicted molar refractivity (Wildman–Crippen MR) is 124 cm³/mol. The number of benzene rings is 1. The number of carbonyl (C=O) groups is 1. The molecule has 0 N–H and O–H groups in total. The molecule has 158 valence electrons. The highest BCUT2D eigenvalue weighted by Gasteiger charge is 2.25. The number of thiophene rings is 1. The van der Waals surface area contributed by atoms with Crippen LogP contribution < -0.4 is 9.64 Å². The molecule has 9 heteroatoms. The van der Waals surface area contributed by atoms with Gasteiger partial charge in [0.1, 0.15) is 33.4 Å². The standard InChI is InChI=1S/C22H21N5O2S2/c1-2-29-16-5-3-15(4-6-16)20-25-18(13-31-20)22(28)27-10-8-26(9-11-27)19-17-7-12-30-21(17)24-14-23-19/h3-7,12-14H,2,8-11H2,1H3. The fraction of sp³-hybridized carbons (Fsp3) is 0.273. The molecule has 0 spiro atoms. The molecule has 1 aromatic carbocycles. The summed E-state index contributed by atoms with van der Waals surface area (Å²) in [4.78, 5) is 31.5. The molecule has 1 amide bonds. The molecule has 0 radical (unpaired) electrons. The molecule has 0 bridgehead atoms. The molecule has 7 nitrogen and oxygen atoms in total. The van der Waals surface area contributed by atoms with Gasteiger partial charge in [0.15, 0.2) is 0 Å². The van der Waals surface area contributed by atoms with Crippen LogP contribution in [0.2, 0.25) is 0 Å². The first kappa shape index (κ1) is 19.9. The van der Waals surface area contributed by atoms with E-state index in [0.29, 0.717) is 25.4 Å². The van der Waals surface area contributed by atoms with Crippen molar-refractivity contribution in [3.05, 3.63) is 53.1 Å². The molecule has 0 aliphatic carbocycles. The number of anilines is 1. The SMILES string of the molecule is CCOc1ccc(-c2nc(C(=O)N3CCN(c4ncnc5sccc45)CC3)cs2)cc1. The summed E-state index contributed by atoms with van der Waals surface area (Å²) in [6.07, 6.45) is 1.61. The molecule has 5 rings (SSSR count). The monoisotopic (exact) mass is 451 g/mol. The van der Waals surface area contributed by atoms with Crippen molar-refractivity contribution in [2.24, 2.45) is 0 Å². The van der Waals surface area contributed by atoms with Crippen LogP contribution in [0.4, 0.5) is 5.82 Å². The first-order chi connectivity index (χ1) is 15.2. The van der Waals surface area contributed by atoms with Crippen molar-refractivity contribution in [1.29, 1.82) is 0 Å². The summed E-state index contributed by atoms with van der Waals surface area (Å²) in [5.74, 6) is 1.77. The molecule has 3 aromatic heterocycles. The lowest BCUT2D eigenvalue weighted by Crippen LogP contribution is -2.49. The molecule has 1 saturated heterocycles. The number of piperazine rings is 1. The third kappa shape index (κ3) is 3.98. The quantitative estimate of drug-likeness (QED) is 0.453. The van der Waals surface area contributed by atoms with Crippen LogP contribution in [0.1, 0.15) is 17.4 Å². The van der Waals surface area contributed by atoms with Gasteiger partial charge in [-0.1, -0.05) is 0 Å². The molecular formula is C22H21N5O2S2. The second-order valence-corrected chi connectivity index (χ2v) is 8.86. The van der Waals surface area contributed by atoms with Crippen LogP contribution in [-0.4, -0.2) is 58.5 Å². The van der Waals surface area contributed by atoms with E-state index in [-0.39, 0.29) is 5.91 Å². The minimum Gasteiger partial charge on any atom is -0.494 e. The van der Waals surface area contributed by atoms with Gasteiger partial charge < -0.3 is 14.5 Å². The lowest BCUT2D eigenvalue weighted by Gasteiger charge is -2.35. The van der Waals surface area contributed by atoms with Crippen LogP contribution >= 0.6 is 22.7 Å². The Morgan fingerprint density at radius 3 is 2.65 bits per heavy atom. The average molecular weight is 452 g/mol. The van der Waals surface area contributed by atoms with Gasteiger partial charge in [0.2, 0.25) is 0 Å². The highest BCUT2D eigenvalue weighted by Crippen LogP contribution is 2.29. The summed E-state index contributed by atoms with van der Waals surface area (Å²) in [6, 6.07) is 9.87. The van der Waals surface area contributed by atoms with Gasteiger partial charge in [0, 0.05) is 37.1 Å². The van der Waals surface area contributed by atoms with E-state index in [1.54, 1.807) is 17.7 Å². The average Bonchev–Trinajstić information content (AvgIpc) is 3.49. The first-order valence-corrected chi connectivity index (χ1v) is 11.9. The van der Waals surface area contributed by atoms with Gasteiger partial charge >= 0.3 is 0 Å². The lowest BCUT2D eigenvalue weighted by atomic mass is 10.2. The summed E-state index contributed by atoms with van der Waals surface area (Å²) in [6.45, 7) is 5.36. The number of carbonyl (C=O) groups excluding carboxylic acids is 1. The summed E-state index contributed by atoms with van der Waals surface area (Å²) in [7, 11) is 0. The molecule has 4 aromatic rings. The first-order valence-electron chi connectivity index (χ1n) is 10.1. The third-order valence-electron chi connectivity index (χ3n) is 5.24. The van der Waals surface area contributed by atoms with Gasteiger partial charge in [-0.05, 0) is 42.6 Å². The number of hydrogen-bond donors (Lipinski definition) is 0. The van der Waals surface area contributed by atoms with Gasteiger partial charge in [-0.3, -0.25) is 4.79 Å². The number of nitrogens with zero attached hydrogens (tertiary/aromatic N) is 5. The number of amides is 1. The molecule has 0 saturated carbocycles. The van der Waals surface area contributed by atoms with E-state index >= 15 is 0 Å². The van der Waals surface area contributed by atoms with E-state index in [0.717, 1.165) is 45.4 Å². The number of hydrogen-bond acceptors (Lipinski definition) is 8. The highest BCUT2D eigenvalue weighted by molar-refractivity contribution is 7.16. The van der Waals surface area contributed by atoms with Crippen LogP contribution in [0, 0.1) is 0 Å². The summed E-state index contributed by atoms with van der Waals surface area (Å²) in [5.41, 5.74) is 1.49. The van der Waals surface area contributed by atoms with Crippen LogP contribution in [0.3, 0.4) is 0 Å². The zero-order valence-electron chi connectivity index (χ0n) is 17.0. The van der Waals surface area contributed by atoms with Crippen LogP contribution in [0.15, 0.2) is 47.4 Å². The normalized spacial score (nSPS) is 14.2. The largest absolute Gasteiger partial charge is 0.494 e. The maximum Gasteiger partial charge on any atom is 0.273 e. The van der Waals surface area contributed by atoms with Gasteiger partial charge in [0.05, 0.1) is 12.0 Å². The van der Waals surface area contributed by atoms with Crippen molar-refractivity contribution < 1.29 is 9.53 Å². The topological polar surface area (TPSA) is 71.5 Å². The molecule has 31 heavy (non-hydrogen) atoms. The van der Waals surface area contributed by atoms with E-state index in [1.807, 2.05) is 46.8 Å². The van der Waals surface area contributed by atoms with E-state index in [2.05, 4.69) is 25.9 Å². The molecule has 1 aliphatic heterocycles. The van der Waals surface area contributed by atoms with Gasteiger partial charge in [-0.25, -0.2) is 15.0 Å². The number of rotatable bonds is 5. The van der Waals surface area contributed by atoms with Gasteiger partial charge in [-0.2, -0.15) is 0 Å². The third-order valence-corrected chi connectivity index (χ3v) is 6.95. The Morgan fingerprint density at radius 2 is 1.87 bits per heavy atom. The van der Waals surface area contributed by atoms with Crippen LogP contribution in [0.5, 0.6) is 5.75 Å². The minimum absolute atomic E-state index is 0.0172. The zero-order valence-corrected chi connectivity index (χ0v) is 18.7. The molecule has 1 aliphatic rings. The smallest absolute Gasteiger partial charge is 0.273 e. The Hall–Kier alpha value is -3.04. The van der Waals surface area contributed by atoms with E-state index in [9.17, 15) is 4.79 Å². The van der Waals surface area contributed by atoms with Crippen molar-refractivity contribution in [3.8, 4) is 16.3 Å². The number of aromatic nitrogens is 3. The fourth-order valence-corrected chi connectivity index (χ4v) is 5.20. The molecule has 0 unspecified atom stereocenters. The number of ether oxygens (including phenoxy) is 1. The van der Waals surface area contributed by atoms with Crippen molar-refractivity contribution >= 4 is 44.6 Å². The van der Waals surface area contributed by atoms with Crippen LogP contribution in [0.25, 0.3) is 20.8 Å². The van der Waals surface area contributed by atoms with Gasteiger partial charge in [0.25, 0.3) is 5.91 Å². The lowest BCUT2D eigenvalue weighted by molar-refractivity contribution is 0.0741. The molecule has 4 heterocycles. The van der Waals surface area contributed by atoms with Gasteiger partial charge in [-0.15, -0.1) is 22.7 Å². The van der Waals surface area contributed by atoms with Crippen LogP contribution in [-0.2, 0) is 0 Å². The van der Waals surface area contributed by atoms with E-state index in [4.69, 9.17) is 4.74 Å². The second kappa shape index (κ2) is 8.60. The van der Waals surface area contributed by atoms with Crippen molar-refractivity contribution in [3.63, 3.8) is 0 Å². The highest BCUT2D eigenvalue weighted by atomic mass is 32.1. The van der Waals surface area contributed by atoms with Crippen molar-refractivity contribution in [2.45, 2.75) is 6.92 Å². The minimum atomic E-state index is -0.0172. The Balaban J connectivity index is 1.25. The second-order valence-electron chi connectivity index (χ2n) is 7.11. The number of thiazole rings is 1.